The quantitative estimate of drug-likeness (QED) is 0.715. The van der Waals surface area contributed by atoms with Gasteiger partial charge in [0.1, 0.15) is 5.58 Å². The van der Waals surface area contributed by atoms with Crippen LogP contribution >= 0.6 is 11.3 Å². The predicted molar refractivity (Wildman–Crippen MR) is 109 cm³/mol. The Morgan fingerprint density at radius 2 is 2.07 bits per heavy atom. The molecule has 3 aromatic rings. The number of nitrogens with zero attached hydrogens (tertiary/aromatic N) is 1. The lowest BCUT2D eigenvalue weighted by Crippen LogP contribution is -2.43. The average Bonchev–Trinajstić information content (AvgIpc) is 3.24. The molecule has 6 nitrogen and oxygen atoms in total. The number of benzene rings is 1. The summed E-state index contributed by atoms with van der Waals surface area (Å²) >= 11 is 1.67. The molecule has 2 aromatic heterocycles. The van der Waals surface area contributed by atoms with Crippen LogP contribution in [0, 0.1) is 6.92 Å². The van der Waals surface area contributed by atoms with Gasteiger partial charge in [0.2, 0.25) is 0 Å². The first-order valence-corrected chi connectivity index (χ1v) is 10.2. The van der Waals surface area contributed by atoms with Crippen LogP contribution in [0.25, 0.3) is 11.0 Å². The summed E-state index contributed by atoms with van der Waals surface area (Å²) in [7, 11) is 0. The van der Waals surface area contributed by atoms with E-state index in [1.165, 1.54) is 10.9 Å². The standard InChI is InChI=1S/C21H22N2O4S/c1-14-4-5-18-15(11-14)17(24)12-19(27-18)21(25)22-13-16(20-3-2-10-28-20)23-6-8-26-9-7-23/h2-5,10-12,16H,6-9,13H2,1H3,(H,22,25)/t16-/m0/s1. The van der Waals surface area contributed by atoms with Crippen LogP contribution in [0.4, 0.5) is 0 Å². The van der Waals surface area contributed by atoms with Crippen molar-refractivity contribution in [3.63, 3.8) is 0 Å². The van der Waals surface area contributed by atoms with Crippen LogP contribution in [-0.4, -0.2) is 43.7 Å². The molecule has 1 atom stereocenters. The number of rotatable bonds is 5. The van der Waals surface area contributed by atoms with Gasteiger partial charge in [-0.05, 0) is 30.5 Å². The zero-order chi connectivity index (χ0) is 19.5. The van der Waals surface area contributed by atoms with Gasteiger partial charge < -0.3 is 14.5 Å². The van der Waals surface area contributed by atoms with Gasteiger partial charge >= 0.3 is 0 Å². The zero-order valence-corrected chi connectivity index (χ0v) is 16.5. The van der Waals surface area contributed by atoms with Crippen LogP contribution in [0.2, 0.25) is 0 Å². The lowest BCUT2D eigenvalue weighted by Gasteiger charge is -2.34. The van der Waals surface area contributed by atoms with Crippen molar-refractivity contribution >= 4 is 28.2 Å². The first-order chi connectivity index (χ1) is 13.6. The van der Waals surface area contributed by atoms with E-state index in [1.54, 1.807) is 23.5 Å². The SMILES string of the molecule is Cc1ccc2oc(C(=O)NC[C@@H](c3cccs3)N3CCOCC3)cc(=O)c2c1. The van der Waals surface area contributed by atoms with Gasteiger partial charge in [0, 0.05) is 30.6 Å². The van der Waals surface area contributed by atoms with E-state index in [9.17, 15) is 9.59 Å². The van der Waals surface area contributed by atoms with Gasteiger partial charge in [-0.2, -0.15) is 0 Å². The Morgan fingerprint density at radius 1 is 1.25 bits per heavy atom. The molecule has 1 amide bonds. The fourth-order valence-corrected chi connectivity index (χ4v) is 4.30. The Kier molecular flexibility index (Phi) is 5.57. The first kappa shape index (κ1) is 18.9. The van der Waals surface area contributed by atoms with Crippen molar-refractivity contribution < 1.29 is 13.9 Å². The highest BCUT2D eigenvalue weighted by atomic mass is 32.1. The Labute approximate surface area is 166 Å². The molecule has 1 aliphatic rings. The zero-order valence-electron chi connectivity index (χ0n) is 15.6. The molecule has 146 valence electrons. The Hall–Kier alpha value is -2.48. The molecule has 3 heterocycles. The Balaban J connectivity index is 1.53. The summed E-state index contributed by atoms with van der Waals surface area (Å²) in [6, 6.07) is 10.8. The number of morpholine rings is 1. The van der Waals surface area contributed by atoms with Gasteiger partial charge in [0.05, 0.1) is 24.6 Å². The molecule has 0 radical (unpaired) electrons. The van der Waals surface area contributed by atoms with Gasteiger partial charge in [-0.1, -0.05) is 17.7 Å². The molecule has 0 aliphatic carbocycles. The molecular formula is C21H22N2O4S. The number of carbonyl (C=O) groups is 1. The molecule has 0 unspecified atom stereocenters. The second-order valence-electron chi connectivity index (χ2n) is 6.86. The Morgan fingerprint density at radius 3 is 2.82 bits per heavy atom. The summed E-state index contributed by atoms with van der Waals surface area (Å²) in [6.07, 6.45) is 0. The van der Waals surface area contributed by atoms with Gasteiger partial charge in [-0.15, -0.1) is 11.3 Å². The fourth-order valence-electron chi connectivity index (χ4n) is 3.44. The molecule has 7 heteroatoms. The smallest absolute Gasteiger partial charge is 0.287 e. The van der Waals surface area contributed by atoms with Crippen LogP contribution in [0.3, 0.4) is 0 Å². The van der Waals surface area contributed by atoms with E-state index in [2.05, 4.69) is 16.3 Å². The number of thiophene rings is 1. The van der Waals surface area contributed by atoms with Crippen molar-refractivity contribution in [3.8, 4) is 0 Å². The minimum atomic E-state index is -0.380. The number of carbonyl (C=O) groups excluding carboxylic acids is 1. The summed E-state index contributed by atoms with van der Waals surface area (Å²) in [5, 5.41) is 5.46. The lowest BCUT2D eigenvalue weighted by atomic mass is 10.1. The monoisotopic (exact) mass is 398 g/mol. The maximum Gasteiger partial charge on any atom is 0.287 e. The van der Waals surface area contributed by atoms with Crippen molar-refractivity contribution in [2.75, 3.05) is 32.8 Å². The molecule has 0 bridgehead atoms. The van der Waals surface area contributed by atoms with Crippen LogP contribution < -0.4 is 10.7 Å². The first-order valence-electron chi connectivity index (χ1n) is 9.30. The number of nitrogens with one attached hydrogen (secondary N) is 1. The lowest BCUT2D eigenvalue weighted by molar-refractivity contribution is 0.0168. The topological polar surface area (TPSA) is 71.8 Å². The maximum atomic E-state index is 12.7. The minimum absolute atomic E-state index is 0.0354. The number of fused-ring (bicyclic) bond motifs is 1. The van der Waals surface area contributed by atoms with Crippen LogP contribution in [-0.2, 0) is 4.74 Å². The molecule has 4 rings (SSSR count). The highest BCUT2D eigenvalue weighted by molar-refractivity contribution is 7.10. The number of aryl methyl sites for hydroxylation is 1. The summed E-state index contributed by atoms with van der Waals surface area (Å²) in [6.45, 7) is 5.38. The van der Waals surface area contributed by atoms with Gasteiger partial charge in [-0.3, -0.25) is 14.5 Å². The second kappa shape index (κ2) is 8.26. The van der Waals surface area contributed by atoms with Crippen LogP contribution in [0.1, 0.15) is 27.0 Å². The molecule has 1 fully saturated rings. The number of ether oxygens (including phenoxy) is 1. The third-order valence-corrected chi connectivity index (χ3v) is 5.89. The van der Waals surface area contributed by atoms with Gasteiger partial charge in [0.25, 0.3) is 5.91 Å². The molecule has 0 saturated carbocycles. The van der Waals surface area contributed by atoms with Gasteiger partial charge in [0.15, 0.2) is 11.2 Å². The Bertz CT molecular complexity index is 1020. The molecule has 1 saturated heterocycles. The van der Waals surface area contributed by atoms with Crippen LogP contribution in [0.15, 0.2) is 51.0 Å². The molecule has 0 spiro atoms. The van der Waals surface area contributed by atoms with E-state index in [1.807, 2.05) is 24.4 Å². The van der Waals surface area contributed by atoms with E-state index < -0.39 is 0 Å². The second-order valence-corrected chi connectivity index (χ2v) is 7.84. The molecule has 1 aromatic carbocycles. The highest BCUT2D eigenvalue weighted by Gasteiger charge is 2.24. The van der Waals surface area contributed by atoms with E-state index in [4.69, 9.17) is 9.15 Å². The van der Waals surface area contributed by atoms with Gasteiger partial charge in [-0.25, -0.2) is 0 Å². The summed E-state index contributed by atoms with van der Waals surface area (Å²) in [4.78, 5) is 28.6. The third-order valence-electron chi connectivity index (χ3n) is 4.92. The summed E-state index contributed by atoms with van der Waals surface area (Å²) in [5.74, 6) is -0.345. The number of amides is 1. The van der Waals surface area contributed by atoms with E-state index in [-0.39, 0.29) is 23.1 Å². The van der Waals surface area contributed by atoms with Crippen molar-refractivity contribution in [1.82, 2.24) is 10.2 Å². The molecule has 28 heavy (non-hydrogen) atoms. The van der Waals surface area contributed by atoms with E-state index >= 15 is 0 Å². The van der Waals surface area contributed by atoms with Crippen LogP contribution in [0.5, 0.6) is 0 Å². The van der Waals surface area contributed by atoms with E-state index in [0.29, 0.717) is 30.7 Å². The summed E-state index contributed by atoms with van der Waals surface area (Å²) < 4.78 is 11.1. The maximum absolute atomic E-state index is 12.7. The minimum Gasteiger partial charge on any atom is -0.451 e. The highest BCUT2D eigenvalue weighted by Crippen LogP contribution is 2.25. The largest absolute Gasteiger partial charge is 0.451 e. The van der Waals surface area contributed by atoms with Crippen molar-refractivity contribution in [2.45, 2.75) is 13.0 Å². The van der Waals surface area contributed by atoms with Crippen molar-refractivity contribution in [2.24, 2.45) is 0 Å². The fraction of sp³-hybridized carbons (Fsp3) is 0.333. The predicted octanol–water partition coefficient (Wildman–Crippen LogP) is 2.97. The number of hydrogen-bond donors (Lipinski definition) is 1. The summed E-state index contributed by atoms with van der Waals surface area (Å²) in [5.41, 5.74) is 1.19. The normalized spacial score (nSPS) is 16.2. The average molecular weight is 398 g/mol. The van der Waals surface area contributed by atoms with Crippen molar-refractivity contribution in [1.29, 1.82) is 0 Å². The number of hydrogen-bond acceptors (Lipinski definition) is 6. The third kappa shape index (κ3) is 4.01. The van der Waals surface area contributed by atoms with Crippen molar-refractivity contribution in [3.05, 3.63) is 68.2 Å². The van der Waals surface area contributed by atoms with E-state index in [0.717, 1.165) is 18.7 Å². The molecule has 1 aliphatic heterocycles. The molecule has 1 N–H and O–H groups in total. The molecular weight excluding hydrogens is 376 g/mol.